The van der Waals surface area contributed by atoms with E-state index in [4.69, 9.17) is 19.9 Å². The lowest BCUT2D eigenvalue weighted by Gasteiger charge is -2.25. The van der Waals surface area contributed by atoms with Crippen molar-refractivity contribution < 1.29 is 14.2 Å². The topological polar surface area (TPSA) is 66.6 Å². The highest BCUT2D eigenvalue weighted by Crippen LogP contribution is 2.26. The Bertz CT molecular complexity index is 626. The molecule has 1 saturated heterocycles. The highest BCUT2D eigenvalue weighted by molar-refractivity contribution is 7.15. The maximum Gasteiger partial charge on any atom is 0.180 e. The van der Waals surface area contributed by atoms with Gasteiger partial charge in [-0.25, -0.2) is 4.98 Å². The van der Waals surface area contributed by atoms with Crippen molar-refractivity contribution in [3.05, 3.63) is 40.4 Å². The third kappa shape index (κ3) is 3.76. The van der Waals surface area contributed by atoms with Crippen molar-refractivity contribution in [1.29, 1.82) is 0 Å². The molecule has 0 aliphatic carbocycles. The molecule has 1 aliphatic rings. The highest BCUT2D eigenvalue weighted by Gasteiger charge is 2.19. The second-order valence-corrected chi connectivity index (χ2v) is 6.48. The van der Waals surface area contributed by atoms with Gasteiger partial charge in [-0.1, -0.05) is 12.1 Å². The Morgan fingerprint density at radius 1 is 1.41 bits per heavy atom. The van der Waals surface area contributed by atoms with Crippen LogP contribution in [0.5, 0.6) is 5.75 Å². The molecule has 6 heteroatoms. The van der Waals surface area contributed by atoms with Crippen LogP contribution >= 0.6 is 11.3 Å². The molecule has 0 radical (unpaired) electrons. The summed E-state index contributed by atoms with van der Waals surface area (Å²) in [6, 6.07) is 8.04. The molecule has 0 saturated carbocycles. The van der Waals surface area contributed by atoms with Gasteiger partial charge in [-0.05, 0) is 17.7 Å². The maximum atomic E-state index is 5.87. The van der Waals surface area contributed by atoms with E-state index in [1.54, 1.807) is 7.11 Å². The molecular formula is C16H20N2O3S. The highest BCUT2D eigenvalue weighted by atomic mass is 32.1. The number of nitrogen functional groups attached to an aromatic ring is 1. The molecule has 2 heterocycles. The molecule has 0 bridgehead atoms. The van der Waals surface area contributed by atoms with E-state index >= 15 is 0 Å². The van der Waals surface area contributed by atoms with Crippen LogP contribution in [0.2, 0.25) is 0 Å². The van der Waals surface area contributed by atoms with E-state index in [-0.39, 0.29) is 0 Å². The molecule has 0 atom stereocenters. The summed E-state index contributed by atoms with van der Waals surface area (Å²) in [7, 11) is 1.67. The van der Waals surface area contributed by atoms with Crippen molar-refractivity contribution in [3.8, 4) is 5.75 Å². The monoisotopic (exact) mass is 320 g/mol. The molecule has 0 amide bonds. The largest absolute Gasteiger partial charge is 0.497 e. The lowest BCUT2D eigenvalue weighted by atomic mass is 10.1. The van der Waals surface area contributed by atoms with E-state index in [2.05, 4.69) is 11.1 Å². The Labute approximate surface area is 134 Å². The average molecular weight is 320 g/mol. The Hall–Kier alpha value is -1.63. The smallest absolute Gasteiger partial charge is 0.180 e. The van der Waals surface area contributed by atoms with Crippen molar-refractivity contribution in [2.24, 2.45) is 5.92 Å². The number of anilines is 1. The normalized spacial score (nSPS) is 14.8. The number of ether oxygens (including phenoxy) is 3. The lowest BCUT2D eigenvalue weighted by Crippen LogP contribution is -2.31. The fraction of sp³-hybridized carbons (Fsp3) is 0.438. The number of hydrogen-bond acceptors (Lipinski definition) is 6. The fourth-order valence-corrected chi connectivity index (χ4v) is 3.19. The van der Waals surface area contributed by atoms with Gasteiger partial charge in [-0.3, -0.25) is 0 Å². The first-order valence-corrected chi connectivity index (χ1v) is 8.08. The van der Waals surface area contributed by atoms with Crippen LogP contribution in [0.4, 0.5) is 5.13 Å². The number of nitrogens with two attached hydrogens (primary N) is 1. The lowest BCUT2D eigenvalue weighted by molar-refractivity contribution is -0.0748. The minimum atomic E-state index is 0.503. The number of aromatic nitrogens is 1. The number of benzene rings is 1. The first kappa shape index (κ1) is 15.3. The molecule has 5 nitrogen and oxygen atoms in total. The van der Waals surface area contributed by atoms with Crippen LogP contribution in [-0.4, -0.2) is 31.9 Å². The Morgan fingerprint density at radius 2 is 2.27 bits per heavy atom. The van der Waals surface area contributed by atoms with Gasteiger partial charge in [0.1, 0.15) is 5.75 Å². The second kappa shape index (κ2) is 7.09. The zero-order valence-electron chi connectivity index (χ0n) is 12.6. The average Bonchev–Trinajstić information content (AvgIpc) is 2.81. The number of hydrogen-bond donors (Lipinski definition) is 1. The molecular weight excluding hydrogens is 300 g/mol. The van der Waals surface area contributed by atoms with E-state index in [1.807, 2.05) is 18.2 Å². The van der Waals surface area contributed by atoms with Crippen molar-refractivity contribution in [2.75, 3.05) is 32.7 Å². The molecule has 2 N–H and O–H groups in total. The Morgan fingerprint density at radius 3 is 3.00 bits per heavy atom. The van der Waals surface area contributed by atoms with Crippen molar-refractivity contribution in [2.45, 2.75) is 13.0 Å². The standard InChI is InChI=1S/C16H20N2O3S/c1-19-13-4-2-3-11(5-13)6-15-14(18-16(17)22-15)10-21-9-12-7-20-8-12/h2-5,12H,6-10H2,1H3,(H2,17,18). The van der Waals surface area contributed by atoms with Crippen LogP contribution in [0.3, 0.4) is 0 Å². The molecule has 1 aliphatic heterocycles. The van der Waals surface area contributed by atoms with E-state index < -0.39 is 0 Å². The minimum Gasteiger partial charge on any atom is -0.497 e. The first-order chi connectivity index (χ1) is 10.7. The van der Waals surface area contributed by atoms with Crippen LogP contribution in [0.25, 0.3) is 0 Å². The van der Waals surface area contributed by atoms with Crippen LogP contribution in [0.15, 0.2) is 24.3 Å². The fourth-order valence-electron chi connectivity index (χ4n) is 2.33. The van der Waals surface area contributed by atoms with Crippen LogP contribution in [-0.2, 0) is 22.5 Å². The van der Waals surface area contributed by atoms with Gasteiger partial charge in [0.15, 0.2) is 5.13 Å². The molecule has 118 valence electrons. The van der Waals surface area contributed by atoms with E-state index in [0.29, 0.717) is 17.7 Å². The molecule has 2 aromatic rings. The molecule has 22 heavy (non-hydrogen) atoms. The van der Waals surface area contributed by atoms with Crippen molar-refractivity contribution >= 4 is 16.5 Å². The number of nitrogens with zero attached hydrogens (tertiary/aromatic N) is 1. The van der Waals surface area contributed by atoms with Gasteiger partial charge >= 0.3 is 0 Å². The summed E-state index contributed by atoms with van der Waals surface area (Å²) in [5.74, 6) is 1.38. The second-order valence-electron chi connectivity index (χ2n) is 5.37. The van der Waals surface area contributed by atoms with E-state index in [9.17, 15) is 0 Å². The predicted molar refractivity (Wildman–Crippen MR) is 86.3 cm³/mol. The van der Waals surface area contributed by atoms with Crippen LogP contribution in [0, 0.1) is 5.92 Å². The van der Waals surface area contributed by atoms with Gasteiger partial charge in [0.05, 0.1) is 39.2 Å². The quantitative estimate of drug-likeness (QED) is 0.849. The van der Waals surface area contributed by atoms with E-state index in [1.165, 1.54) is 16.9 Å². The van der Waals surface area contributed by atoms with E-state index in [0.717, 1.165) is 42.6 Å². The van der Waals surface area contributed by atoms with Gasteiger partial charge < -0.3 is 19.9 Å². The third-order valence-electron chi connectivity index (χ3n) is 3.59. The number of methoxy groups -OCH3 is 1. The zero-order chi connectivity index (χ0) is 15.4. The molecule has 0 unspecified atom stereocenters. The van der Waals surface area contributed by atoms with Gasteiger partial charge in [-0.15, -0.1) is 11.3 Å². The van der Waals surface area contributed by atoms with Gasteiger partial charge in [0, 0.05) is 17.2 Å². The Kier molecular flexibility index (Phi) is 4.92. The van der Waals surface area contributed by atoms with Crippen molar-refractivity contribution in [3.63, 3.8) is 0 Å². The summed E-state index contributed by atoms with van der Waals surface area (Å²) in [4.78, 5) is 5.55. The first-order valence-electron chi connectivity index (χ1n) is 7.27. The number of thiazole rings is 1. The maximum absolute atomic E-state index is 5.87. The van der Waals surface area contributed by atoms with Crippen molar-refractivity contribution in [1.82, 2.24) is 4.98 Å². The third-order valence-corrected chi connectivity index (χ3v) is 4.52. The molecule has 1 aromatic heterocycles. The van der Waals surface area contributed by atoms with Crippen LogP contribution in [0.1, 0.15) is 16.1 Å². The molecule has 1 fully saturated rings. The molecule has 3 rings (SSSR count). The summed E-state index contributed by atoms with van der Waals surface area (Å²) in [6.07, 6.45) is 0.789. The minimum absolute atomic E-state index is 0.503. The summed E-state index contributed by atoms with van der Waals surface area (Å²) < 4.78 is 16.1. The zero-order valence-corrected chi connectivity index (χ0v) is 13.4. The number of rotatable bonds is 7. The predicted octanol–water partition coefficient (Wildman–Crippen LogP) is 2.49. The van der Waals surface area contributed by atoms with Crippen LogP contribution < -0.4 is 10.5 Å². The molecule has 1 aromatic carbocycles. The van der Waals surface area contributed by atoms with Gasteiger partial charge in [-0.2, -0.15) is 0 Å². The Balaban J connectivity index is 1.64. The summed E-state index contributed by atoms with van der Waals surface area (Å²) in [6.45, 7) is 2.82. The van der Waals surface area contributed by atoms with Gasteiger partial charge in [0.25, 0.3) is 0 Å². The molecule has 0 spiro atoms. The van der Waals surface area contributed by atoms with Gasteiger partial charge in [0.2, 0.25) is 0 Å². The summed E-state index contributed by atoms with van der Waals surface area (Å²) in [5, 5.41) is 0.587. The summed E-state index contributed by atoms with van der Waals surface area (Å²) in [5.41, 5.74) is 7.98. The SMILES string of the molecule is COc1cccc(Cc2sc(N)nc2COCC2COC2)c1. The summed E-state index contributed by atoms with van der Waals surface area (Å²) >= 11 is 1.52.